The predicted molar refractivity (Wildman–Crippen MR) is 266 cm³/mol. The largest absolute Gasteiger partial charge is 0.405 e. The lowest BCUT2D eigenvalue weighted by Crippen LogP contribution is -2.71. The molecule has 4 heteroatoms. The van der Waals surface area contributed by atoms with E-state index in [9.17, 15) is 0 Å². The van der Waals surface area contributed by atoms with E-state index in [-0.39, 0.29) is 5.41 Å². The van der Waals surface area contributed by atoms with Crippen molar-refractivity contribution in [2.75, 3.05) is 7.05 Å². The van der Waals surface area contributed by atoms with Gasteiger partial charge in [0.1, 0.15) is 0 Å². The van der Waals surface area contributed by atoms with Gasteiger partial charge in [-0.3, -0.25) is 0 Å². The molecule has 0 radical (unpaired) electrons. The normalized spacial score (nSPS) is 20.7. The standard InChI is InChI=1S/C57H67NOSSi/c1-9-11-13-21-31-57(32-22-14-12-10-2)50-36-42(39(3)4)27-29-47(50)48-30-28-43(37-51(48)57)49-33-40(5)34-52-53(49)59-58(8)56(7)38-44-35-41(6)60-54(44)55(56)61(52,45-23-17-15-18-24-45)46-25-19-16-20-26-46/h15-20,23-30,33-34,36-39,41H,9-14,21-22,31-32,35H2,1-8H3/t41?,56-/m0/s1. The Morgan fingerprint density at radius 3 is 1.95 bits per heavy atom. The molecule has 4 aliphatic rings. The Balaban J connectivity index is 1.32. The number of nitrogens with zero attached hydrogens (tertiary/aromatic N) is 1. The number of rotatable bonds is 14. The number of fused-ring (bicyclic) bond motifs is 6. The number of benzene rings is 5. The summed E-state index contributed by atoms with van der Waals surface area (Å²) in [5, 5.41) is 8.54. The van der Waals surface area contributed by atoms with Crippen LogP contribution in [0.4, 0.5) is 0 Å². The number of hydrogen-bond donors (Lipinski definition) is 0. The van der Waals surface area contributed by atoms with Gasteiger partial charge in [0, 0.05) is 28.2 Å². The van der Waals surface area contributed by atoms with E-state index in [4.69, 9.17) is 4.84 Å². The molecule has 2 atom stereocenters. The summed E-state index contributed by atoms with van der Waals surface area (Å²) in [5.74, 6) is 1.52. The lowest BCUT2D eigenvalue weighted by Gasteiger charge is -2.42. The highest BCUT2D eigenvalue weighted by Gasteiger charge is 2.59. The maximum Gasteiger partial charge on any atom is 0.183 e. The zero-order valence-electron chi connectivity index (χ0n) is 38.2. The highest BCUT2D eigenvalue weighted by atomic mass is 32.2. The van der Waals surface area contributed by atoms with Crippen molar-refractivity contribution >= 4 is 35.4 Å². The summed E-state index contributed by atoms with van der Waals surface area (Å²) < 4.78 is 0. The van der Waals surface area contributed by atoms with Gasteiger partial charge in [0.25, 0.3) is 0 Å². The third-order valence-electron chi connectivity index (χ3n) is 14.9. The summed E-state index contributed by atoms with van der Waals surface area (Å²) in [6, 6.07) is 43.1. The van der Waals surface area contributed by atoms with E-state index < -0.39 is 13.6 Å². The third kappa shape index (κ3) is 6.95. The summed E-state index contributed by atoms with van der Waals surface area (Å²) in [6.45, 7) is 16.5. The molecule has 0 spiro atoms. The number of hydroxylamine groups is 2. The molecule has 1 saturated heterocycles. The second-order valence-electron chi connectivity index (χ2n) is 19.3. The van der Waals surface area contributed by atoms with Crippen molar-refractivity contribution in [3.05, 3.63) is 153 Å². The van der Waals surface area contributed by atoms with Gasteiger partial charge in [-0.2, -0.15) is 0 Å². The minimum Gasteiger partial charge on any atom is -0.405 e. The molecule has 2 heterocycles. The average molecular weight is 842 g/mol. The van der Waals surface area contributed by atoms with Crippen LogP contribution in [0.15, 0.2) is 131 Å². The molecule has 2 nitrogen and oxygen atoms in total. The molecule has 1 unspecified atom stereocenters. The Bertz CT molecular complexity index is 2430. The molecule has 2 aliphatic carbocycles. The van der Waals surface area contributed by atoms with E-state index in [1.54, 1.807) is 16.3 Å². The zero-order chi connectivity index (χ0) is 42.5. The Hall–Kier alpha value is -4.09. The molecule has 0 N–H and O–H groups in total. The molecule has 1 fully saturated rings. The number of likely N-dealkylation sites (N-methyl/N-ethyl adjacent to an activating group) is 1. The van der Waals surface area contributed by atoms with Crippen molar-refractivity contribution in [2.24, 2.45) is 0 Å². The van der Waals surface area contributed by atoms with Crippen LogP contribution >= 0.6 is 11.8 Å². The molecular formula is C57H67NOSSi. The van der Waals surface area contributed by atoms with Crippen LogP contribution in [-0.2, 0) is 5.41 Å². The molecule has 5 aromatic carbocycles. The fourth-order valence-corrected chi connectivity index (χ4v) is 19.3. The van der Waals surface area contributed by atoms with E-state index in [1.165, 1.54) is 124 Å². The molecule has 316 valence electrons. The van der Waals surface area contributed by atoms with E-state index in [2.05, 4.69) is 188 Å². The molecule has 2 aliphatic heterocycles. The molecular weight excluding hydrogens is 775 g/mol. The van der Waals surface area contributed by atoms with Gasteiger partial charge < -0.3 is 4.84 Å². The minimum absolute atomic E-state index is 0.00729. The van der Waals surface area contributed by atoms with Crippen LogP contribution in [0.5, 0.6) is 5.75 Å². The van der Waals surface area contributed by atoms with Crippen molar-refractivity contribution in [3.8, 4) is 28.0 Å². The van der Waals surface area contributed by atoms with E-state index in [1.807, 2.05) is 0 Å². The summed E-state index contributed by atoms with van der Waals surface area (Å²) in [5.41, 5.74) is 12.3. The van der Waals surface area contributed by atoms with E-state index in [0.717, 1.165) is 12.2 Å². The van der Waals surface area contributed by atoms with E-state index >= 15 is 0 Å². The van der Waals surface area contributed by atoms with Crippen molar-refractivity contribution < 1.29 is 4.84 Å². The second-order valence-corrected chi connectivity index (χ2v) is 24.5. The van der Waals surface area contributed by atoms with Gasteiger partial charge in [0.2, 0.25) is 0 Å². The van der Waals surface area contributed by atoms with Crippen LogP contribution in [0, 0.1) is 6.92 Å². The first-order valence-corrected chi connectivity index (χ1v) is 26.6. The summed E-state index contributed by atoms with van der Waals surface area (Å²) in [4.78, 5) is 9.05. The van der Waals surface area contributed by atoms with Crippen LogP contribution in [0.1, 0.15) is 140 Å². The highest BCUT2D eigenvalue weighted by molar-refractivity contribution is 8.04. The van der Waals surface area contributed by atoms with Gasteiger partial charge in [-0.15, -0.1) is 16.8 Å². The van der Waals surface area contributed by atoms with Gasteiger partial charge in [0.05, 0.1) is 5.54 Å². The highest BCUT2D eigenvalue weighted by Crippen LogP contribution is 2.58. The maximum absolute atomic E-state index is 7.54. The number of aryl methyl sites for hydroxylation is 1. The Morgan fingerprint density at radius 1 is 0.738 bits per heavy atom. The molecule has 0 amide bonds. The summed E-state index contributed by atoms with van der Waals surface area (Å²) >= 11 is 2.10. The van der Waals surface area contributed by atoms with Gasteiger partial charge in [0.15, 0.2) is 13.8 Å². The fourth-order valence-electron chi connectivity index (χ4n) is 11.8. The number of unbranched alkanes of at least 4 members (excludes halogenated alkanes) is 6. The smallest absolute Gasteiger partial charge is 0.183 e. The quantitative estimate of drug-likeness (QED) is 0.0816. The van der Waals surface area contributed by atoms with E-state index in [0.29, 0.717) is 11.2 Å². The van der Waals surface area contributed by atoms with Crippen LogP contribution in [0.2, 0.25) is 0 Å². The minimum atomic E-state index is -2.99. The van der Waals surface area contributed by atoms with Crippen LogP contribution < -0.4 is 20.4 Å². The molecule has 0 bridgehead atoms. The van der Waals surface area contributed by atoms with Crippen LogP contribution in [-0.4, -0.2) is 31.0 Å². The van der Waals surface area contributed by atoms with Gasteiger partial charge in [-0.1, -0.05) is 195 Å². The predicted octanol–water partition coefficient (Wildman–Crippen LogP) is 13.7. The Kier molecular flexibility index (Phi) is 11.7. The monoisotopic (exact) mass is 841 g/mol. The second kappa shape index (κ2) is 16.9. The van der Waals surface area contributed by atoms with Crippen molar-refractivity contribution in [1.82, 2.24) is 5.06 Å². The summed E-state index contributed by atoms with van der Waals surface area (Å²) in [7, 11) is -0.792. The lowest BCUT2D eigenvalue weighted by molar-refractivity contribution is -0.0773. The first-order chi connectivity index (χ1) is 29.6. The van der Waals surface area contributed by atoms with Gasteiger partial charge in [-0.25, -0.2) is 0 Å². The summed E-state index contributed by atoms with van der Waals surface area (Å²) in [6.07, 6.45) is 16.3. The van der Waals surface area contributed by atoms with Crippen LogP contribution in [0.25, 0.3) is 22.3 Å². The van der Waals surface area contributed by atoms with Gasteiger partial charge in [-0.05, 0) is 111 Å². The Labute approximate surface area is 372 Å². The zero-order valence-corrected chi connectivity index (χ0v) is 40.0. The number of hydrogen-bond acceptors (Lipinski definition) is 3. The average Bonchev–Trinajstić information content (AvgIpc) is 3.84. The first kappa shape index (κ1) is 42.2. The fraction of sp³-hybridized carbons (Fsp3) is 0.404. The third-order valence-corrected chi connectivity index (χ3v) is 21.4. The van der Waals surface area contributed by atoms with Crippen molar-refractivity contribution in [2.45, 2.75) is 141 Å². The first-order valence-electron chi connectivity index (χ1n) is 23.7. The molecule has 0 aromatic heterocycles. The lowest BCUT2D eigenvalue weighted by atomic mass is 9.70. The number of allylic oxidation sites excluding steroid dienone is 1. The molecule has 0 saturated carbocycles. The van der Waals surface area contributed by atoms with Crippen LogP contribution in [0.3, 0.4) is 0 Å². The Morgan fingerprint density at radius 2 is 1.34 bits per heavy atom. The molecule has 5 aromatic rings. The maximum atomic E-state index is 7.54. The molecule has 61 heavy (non-hydrogen) atoms. The molecule has 9 rings (SSSR count). The number of thioether (sulfide) groups is 1. The topological polar surface area (TPSA) is 12.5 Å². The van der Waals surface area contributed by atoms with Gasteiger partial charge >= 0.3 is 0 Å². The SMILES string of the molecule is CCCCCCC1(CCCCCC)c2cc(-c3cc(C)cc4c3ON(C)[C@@]3(C)C=C5CC(C)SC5=C3[Si]4(c3ccccc3)c3ccccc3)ccc2-c2ccc(C(C)C)cc21. The van der Waals surface area contributed by atoms with Crippen molar-refractivity contribution in [3.63, 3.8) is 0 Å². The van der Waals surface area contributed by atoms with Crippen molar-refractivity contribution in [1.29, 1.82) is 0 Å².